The van der Waals surface area contributed by atoms with Gasteiger partial charge in [0.2, 0.25) is 11.8 Å². The Balaban J connectivity index is 1.95. The molecule has 184 valence electrons. The van der Waals surface area contributed by atoms with E-state index in [1.54, 1.807) is 4.68 Å². The summed E-state index contributed by atoms with van der Waals surface area (Å²) in [5.41, 5.74) is 7.92. The molecule has 1 N–H and O–H groups in total. The van der Waals surface area contributed by atoms with Crippen LogP contribution in [0.25, 0.3) is 28.1 Å². The standard InChI is InChI=1S/C30H31N3O3/c1-18(2)29(35)31-25-13-11-23(12-14-25)27-28(24-9-7-8-19(3)17-24)32-33(30(27)36-22(6)34)26-15-10-20(4)16-21(26)5/h7-18H,1-6H3,(H,31,35). The number of nitrogens with zero attached hydrogens (tertiary/aromatic N) is 2. The van der Waals surface area contributed by atoms with Gasteiger partial charge in [-0.3, -0.25) is 9.59 Å². The van der Waals surface area contributed by atoms with Crippen molar-refractivity contribution in [3.8, 4) is 34.0 Å². The number of carbonyl (C=O) groups is 2. The van der Waals surface area contributed by atoms with Gasteiger partial charge < -0.3 is 10.1 Å². The van der Waals surface area contributed by atoms with Crippen molar-refractivity contribution in [1.29, 1.82) is 0 Å². The average Bonchev–Trinajstić information content (AvgIpc) is 3.17. The maximum Gasteiger partial charge on any atom is 0.309 e. The molecule has 0 aliphatic carbocycles. The van der Waals surface area contributed by atoms with Gasteiger partial charge in [-0.2, -0.15) is 9.78 Å². The summed E-state index contributed by atoms with van der Waals surface area (Å²) in [5, 5.41) is 7.89. The molecule has 0 saturated carbocycles. The van der Waals surface area contributed by atoms with Crippen molar-refractivity contribution in [2.24, 2.45) is 5.92 Å². The number of carbonyl (C=O) groups excluding carboxylic acids is 2. The smallest absolute Gasteiger partial charge is 0.309 e. The van der Waals surface area contributed by atoms with Crippen LogP contribution < -0.4 is 10.1 Å². The molecule has 0 spiro atoms. The van der Waals surface area contributed by atoms with Gasteiger partial charge in [0.05, 0.1) is 11.3 Å². The van der Waals surface area contributed by atoms with E-state index < -0.39 is 5.97 Å². The Labute approximate surface area is 211 Å². The van der Waals surface area contributed by atoms with E-state index in [0.29, 0.717) is 22.8 Å². The molecular formula is C30H31N3O3. The zero-order valence-electron chi connectivity index (χ0n) is 21.5. The molecule has 6 heteroatoms. The lowest BCUT2D eigenvalue weighted by atomic mass is 9.99. The third-order valence-electron chi connectivity index (χ3n) is 5.92. The number of ether oxygens (including phenoxy) is 1. The van der Waals surface area contributed by atoms with E-state index in [2.05, 4.69) is 17.4 Å². The van der Waals surface area contributed by atoms with Gasteiger partial charge in [0, 0.05) is 24.1 Å². The normalized spacial score (nSPS) is 11.0. The molecule has 6 nitrogen and oxygen atoms in total. The van der Waals surface area contributed by atoms with Gasteiger partial charge in [-0.15, -0.1) is 0 Å². The number of nitrogens with one attached hydrogen (secondary N) is 1. The molecule has 0 fully saturated rings. The molecule has 4 aromatic rings. The minimum absolute atomic E-state index is 0.0496. The topological polar surface area (TPSA) is 73.2 Å². The lowest BCUT2D eigenvalue weighted by Crippen LogP contribution is -2.17. The summed E-state index contributed by atoms with van der Waals surface area (Å²) in [5.74, 6) is -0.251. The molecule has 0 bridgehead atoms. The summed E-state index contributed by atoms with van der Waals surface area (Å²) in [7, 11) is 0. The van der Waals surface area contributed by atoms with E-state index in [4.69, 9.17) is 9.84 Å². The predicted molar refractivity (Wildman–Crippen MR) is 143 cm³/mol. The summed E-state index contributed by atoms with van der Waals surface area (Å²) in [6.45, 7) is 11.2. The fourth-order valence-electron chi connectivity index (χ4n) is 4.10. The van der Waals surface area contributed by atoms with Crippen molar-refractivity contribution in [3.05, 3.63) is 83.4 Å². The van der Waals surface area contributed by atoms with E-state index in [9.17, 15) is 9.59 Å². The largest absolute Gasteiger partial charge is 0.407 e. The molecule has 0 saturated heterocycles. The summed E-state index contributed by atoms with van der Waals surface area (Å²) < 4.78 is 7.53. The molecule has 3 aromatic carbocycles. The number of hydrogen-bond acceptors (Lipinski definition) is 4. The van der Waals surface area contributed by atoms with Crippen molar-refractivity contribution in [2.45, 2.75) is 41.5 Å². The number of amides is 1. The third kappa shape index (κ3) is 5.23. The number of esters is 1. The van der Waals surface area contributed by atoms with Gasteiger partial charge in [0.1, 0.15) is 5.69 Å². The second-order valence-corrected chi connectivity index (χ2v) is 9.41. The van der Waals surface area contributed by atoms with Crippen molar-refractivity contribution in [2.75, 3.05) is 5.32 Å². The van der Waals surface area contributed by atoms with Crippen molar-refractivity contribution >= 4 is 17.6 Å². The zero-order valence-corrected chi connectivity index (χ0v) is 21.5. The first-order chi connectivity index (χ1) is 17.1. The van der Waals surface area contributed by atoms with Crippen LogP contribution in [0.3, 0.4) is 0 Å². The molecule has 0 aliphatic rings. The van der Waals surface area contributed by atoms with Crippen molar-refractivity contribution in [3.63, 3.8) is 0 Å². The van der Waals surface area contributed by atoms with Crippen LogP contribution in [-0.4, -0.2) is 21.7 Å². The van der Waals surface area contributed by atoms with Crippen LogP contribution in [0.4, 0.5) is 5.69 Å². The van der Waals surface area contributed by atoms with E-state index >= 15 is 0 Å². The van der Waals surface area contributed by atoms with Gasteiger partial charge in [0.25, 0.3) is 0 Å². The van der Waals surface area contributed by atoms with Gasteiger partial charge in [-0.1, -0.05) is 67.4 Å². The number of rotatable bonds is 6. The Kier molecular flexibility index (Phi) is 7.06. The van der Waals surface area contributed by atoms with Gasteiger partial charge in [-0.25, -0.2) is 0 Å². The lowest BCUT2D eigenvalue weighted by Gasteiger charge is -2.12. The second-order valence-electron chi connectivity index (χ2n) is 9.41. The molecule has 0 unspecified atom stereocenters. The molecule has 1 aromatic heterocycles. The van der Waals surface area contributed by atoms with Crippen LogP contribution in [0.5, 0.6) is 5.88 Å². The van der Waals surface area contributed by atoms with E-state index in [0.717, 1.165) is 33.5 Å². The molecule has 4 rings (SSSR count). The van der Waals surface area contributed by atoms with Gasteiger partial charge in [0.15, 0.2) is 0 Å². The molecule has 0 radical (unpaired) electrons. The number of aryl methyl sites for hydroxylation is 3. The Morgan fingerprint density at radius 2 is 1.58 bits per heavy atom. The SMILES string of the molecule is CC(=O)Oc1c(-c2ccc(NC(=O)C(C)C)cc2)c(-c2cccc(C)c2)nn1-c1ccc(C)cc1C. The minimum Gasteiger partial charge on any atom is -0.407 e. The number of hydrogen-bond donors (Lipinski definition) is 1. The Morgan fingerprint density at radius 1 is 0.889 bits per heavy atom. The van der Waals surface area contributed by atoms with E-state index in [1.807, 2.05) is 89.2 Å². The summed E-state index contributed by atoms with van der Waals surface area (Å²) in [6.07, 6.45) is 0. The highest BCUT2D eigenvalue weighted by Crippen LogP contribution is 2.41. The van der Waals surface area contributed by atoms with Crippen LogP contribution >= 0.6 is 0 Å². The molecule has 36 heavy (non-hydrogen) atoms. The lowest BCUT2D eigenvalue weighted by molar-refractivity contribution is -0.132. The third-order valence-corrected chi connectivity index (χ3v) is 5.92. The molecule has 1 heterocycles. The fourth-order valence-corrected chi connectivity index (χ4v) is 4.10. The van der Waals surface area contributed by atoms with Crippen LogP contribution in [0, 0.1) is 26.7 Å². The highest BCUT2D eigenvalue weighted by Gasteiger charge is 2.25. The molecule has 1 amide bonds. The van der Waals surface area contributed by atoms with Crippen LogP contribution in [0.15, 0.2) is 66.7 Å². The van der Waals surface area contributed by atoms with Crippen LogP contribution in [0.1, 0.15) is 37.5 Å². The van der Waals surface area contributed by atoms with Gasteiger partial charge >= 0.3 is 5.97 Å². The quantitative estimate of drug-likeness (QED) is 0.313. The zero-order chi connectivity index (χ0) is 26.0. The fraction of sp³-hybridized carbons (Fsp3) is 0.233. The van der Waals surface area contributed by atoms with Gasteiger partial charge in [-0.05, 0) is 56.2 Å². The molecule has 0 aliphatic heterocycles. The maximum absolute atomic E-state index is 12.2. The van der Waals surface area contributed by atoms with Crippen LogP contribution in [-0.2, 0) is 9.59 Å². The summed E-state index contributed by atoms with van der Waals surface area (Å²) in [4.78, 5) is 24.4. The number of anilines is 1. The van der Waals surface area contributed by atoms with Crippen molar-refractivity contribution < 1.29 is 14.3 Å². The number of benzene rings is 3. The predicted octanol–water partition coefficient (Wildman–Crippen LogP) is 6.65. The maximum atomic E-state index is 12.2. The Hall–Kier alpha value is -4.19. The highest BCUT2D eigenvalue weighted by molar-refractivity contribution is 5.93. The summed E-state index contributed by atoms with van der Waals surface area (Å²) in [6, 6.07) is 21.7. The van der Waals surface area contributed by atoms with E-state index in [-0.39, 0.29) is 11.8 Å². The minimum atomic E-state index is -0.432. The molecular weight excluding hydrogens is 450 g/mol. The Morgan fingerprint density at radius 3 is 2.19 bits per heavy atom. The average molecular weight is 482 g/mol. The Bertz CT molecular complexity index is 1430. The highest BCUT2D eigenvalue weighted by atomic mass is 16.5. The monoisotopic (exact) mass is 481 g/mol. The van der Waals surface area contributed by atoms with Crippen LogP contribution in [0.2, 0.25) is 0 Å². The first-order valence-electron chi connectivity index (χ1n) is 12.0. The van der Waals surface area contributed by atoms with Crippen molar-refractivity contribution in [1.82, 2.24) is 9.78 Å². The first kappa shape index (κ1) is 24.9. The van der Waals surface area contributed by atoms with E-state index in [1.165, 1.54) is 6.92 Å². The second kappa shape index (κ2) is 10.2. The summed E-state index contributed by atoms with van der Waals surface area (Å²) >= 11 is 0. The number of aromatic nitrogens is 2. The first-order valence-corrected chi connectivity index (χ1v) is 12.0. The molecule has 0 atom stereocenters.